The molecule has 4 aliphatic carbocycles. The molecule has 0 aromatic carbocycles. The second-order valence-electron chi connectivity index (χ2n) is 12.6. The number of allylic oxidation sites excluding steroid dienone is 1. The third-order valence-corrected chi connectivity index (χ3v) is 11.1. The SMILES string of the molecule is CC(CCC(=O)N(C)c1ccncc1)[C@H]1CC[C@H]2[C@@H]3CC=C4C[C@@H](O)CC[C@]4(C)[C@H]3CC[C@]12C. The molecule has 1 aromatic rings. The molecule has 1 heterocycles. The van der Waals surface area contributed by atoms with E-state index in [4.69, 9.17) is 0 Å². The highest BCUT2D eigenvalue weighted by Gasteiger charge is 2.59. The van der Waals surface area contributed by atoms with Crippen LogP contribution in [0.25, 0.3) is 0 Å². The third kappa shape index (κ3) is 3.94. The average molecular weight is 465 g/mol. The Bertz CT molecular complexity index is 929. The van der Waals surface area contributed by atoms with Gasteiger partial charge in [0.15, 0.2) is 0 Å². The molecule has 4 heteroatoms. The second kappa shape index (κ2) is 9.08. The number of hydrogen-bond donors (Lipinski definition) is 1. The van der Waals surface area contributed by atoms with Crippen molar-refractivity contribution in [3.63, 3.8) is 0 Å². The van der Waals surface area contributed by atoms with Gasteiger partial charge in [-0.25, -0.2) is 0 Å². The lowest BCUT2D eigenvalue weighted by atomic mass is 9.47. The summed E-state index contributed by atoms with van der Waals surface area (Å²) in [5.74, 6) is 3.93. The molecular formula is C30H44N2O2. The van der Waals surface area contributed by atoms with Gasteiger partial charge in [0.1, 0.15) is 0 Å². The molecule has 0 spiro atoms. The zero-order valence-electron chi connectivity index (χ0n) is 21.7. The fraction of sp³-hybridized carbons (Fsp3) is 0.733. The summed E-state index contributed by atoms with van der Waals surface area (Å²) < 4.78 is 0. The van der Waals surface area contributed by atoms with E-state index >= 15 is 0 Å². The van der Waals surface area contributed by atoms with Crippen molar-refractivity contribution in [2.75, 3.05) is 11.9 Å². The number of aliphatic hydroxyl groups excluding tert-OH is 1. The van der Waals surface area contributed by atoms with Crippen molar-refractivity contribution in [1.82, 2.24) is 4.98 Å². The van der Waals surface area contributed by atoms with E-state index < -0.39 is 0 Å². The molecular weight excluding hydrogens is 420 g/mol. The molecule has 1 unspecified atom stereocenters. The van der Waals surface area contributed by atoms with E-state index in [1.165, 1.54) is 32.1 Å². The Morgan fingerprint density at radius 2 is 1.91 bits per heavy atom. The fourth-order valence-electron chi connectivity index (χ4n) is 9.05. The van der Waals surface area contributed by atoms with Crippen LogP contribution in [0.1, 0.15) is 85.0 Å². The van der Waals surface area contributed by atoms with Crippen LogP contribution in [0.2, 0.25) is 0 Å². The fourth-order valence-corrected chi connectivity index (χ4v) is 9.05. The number of pyridine rings is 1. The highest BCUT2D eigenvalue weighted by Crippen LogP contribution is 2.67. The Morgan fingerprint density at radius 1 is 1.15 bits per heavy atom. The quantitative estimate of drug-likeness (QED) is 0.513. The van der Waals surface area contributed by atoms with Gasteiger partial charge in [0, 0.05) is 31.5 Å². The molecule has 3 saturated carbocycles. The van der Waals surface area contributed by atoms with Crippen LogP contribution in [0.15, 0.2) is 36.2 Å². The first-order valence-corrected chi connectivity index (χ1v) is 13.8. The summed E-state index contributed by atoms with van der Waals surface area (Å²) in [5, 5.41) is 10.3. The zero-order valence-corrected chi connectivity index (χ0v) is 21.7. The maximum absolute atomic E-state index is 12.9. The number of fused-ring (bicyclic) bond motifs is 5. The number of carbonyl (C=O) groups is 1. The number of carbonyl (C=O) groups excluding carboxylic acids is 1. The number of nitrogens with zero attached hydrogens (tertiary/aromatic N) is 2. The molecule has 1 aromatic heterocycles. The smallest absolute Gasteiger partial charge is 0.226 e. The van der Waals surface area contributed by atoms with Crippen LogP contribution in [0, 0.1) is 40.4 Å². The molecule has 1 N–H and O–H groups in total. The summed E-state index contributed by atoms with van der Waals surface area (Å²) in [6.07, 6.45) is 17.1. The molecule has 8 atom stereocenters. The van der Waals surface area contributed by atoms with Gasteiger partial charge in [-0.15, -0.1) is 0 Å². The van der Waals surface area contributed by atoms with Gasteiger partial charge in [0.2, 0.25) is 5.91 Å². The summed E-state index contributed by atoms with van der Waals surface area (Å²) in [5.41, 5.74) is 3.22. The number of anilines is 1. The van der Waals surface area contributed by atoms with Crippen LogP contribution in [-0.4, -0.2) is 29.1 Å². The molecule has 34 heavy (non-hydrogen) atoms. The molecule has 0 bridgehead atoms. The van der Waals surface area contributed by atoms with E-state index in [0.29, 0.717) is 23.2 Å². The Hall–Kier alpha value is -1.68. The van der Waals surface area contributed by atoms with Crippen LogP contribution in [-0.2, 0) is 4.79 Å². The van der Waals surface area contributed by atoms with Gasteiger partial charge < -0.3 is 10.0 Å². The molecule has 4 nitrogen and oxygen atoms in total. The monoisotopic (exact) mass is 464 g/mol. The molecule has 4 aliphatic rings. The van der Waals surface area contributed by atoms with E-state index in [0.717, 1.165) is 55.0 Å². The average Bonchev–Trinajstić information content (AvgIpc) is 3.20. The molecule has 0 saturated heterocycles. The van der Waals surface area contributed by atoms with Crippen LogP contribution in [0.4, 0.5) is 5.69 Å². The van der Waals surface area contributed by atoms with Gasteiger partial charge in [-0.05, 0) is 110 Å². The number of hydrogen-bond acceptors (Lipinski definition) is 3. The Balaban J connectivity index is 1.25. The number of rotatable bonds is 5. The van der Waals surface area contributed by atoms with Crippen LogP contribution in [0.3, 0.4) is 0 Å². The minimum atomic E-state index is -0.123. The standard InChI is InChI=1S/C30H44N2O2/c1-20(5-10-28(34)32(4)22-13-17-31-18-14-22)25-8-9-26-24-7-6-21-19-23(33)11-15-29(21,2)27(24)12-16-30(25,26)3/h6,13-14,17-18,20,23-27,33H,5,7-12,15-16,19H2,1-4H3/t20?,23-,24-,25+,26-,27-,29-,30+/m0/s1. The predicted octanol–water partition coefficient (Wildman–Crippen LogP) is 6.40. The first-order valence-electron chi connectivity index (χ1n) is 13.8. The summed E-state index contributed by atoms with van der Waals surface area (Å²) in [6, 6.07) is 3.81. The lowest BCUT2D eigenvalue weighted by molar-refractivity contribution is -0.118. The number of aromatic nitrogens is 1. The van der Waals surface area contributed by atoms with Gasteiger partial charge in [-0.3, -0.25) is 9.78 Å². The van der Waals surface area contributed by atoms with Crippen LogP contribution in [0.5, 0.6) is 0 Å². The van der Waals surface area contributed by atoms with Gasteiger partial charge in [-0.2, -0.15) is 0 Å². The molecule has 1 amide bonds. The molecule has 3 fully saturated rings. The first-order chi connectivity index (χ1) is 16.2. The maximum atomic E-state index is 12.9. The summed E-state index contributed by atoms with van der Waals surface area (Å²) in [6.45, 7) is 7.52. The number of aliphatic hydroxyl groups is 1. The normalized spacial score (nSPS) is 39.9. The van der Waals surface area contributed by atoms with Gasteiger partial charge in [-0.1, -0.05) is 32.4 Å². The zero-order chi connectivity index (χ0) is 24.1. The van der Waals surface area contributed by atoms with Crippen molar-refractivity contribution < 1.29 is 9.90 Å². The number of amides is 1. The highest BCUT2D eigenvalue weighted by atomic mass is 16.3. The van der Waals surface area contributed by atoms with Gasteiger partial charge in [0.05, 0.1) is 6.10 Å². The van der Waals surface area contributed by atoms with Crippen molar-refractivity contribution in [3.8, 4) is 0 Å². The summed E-state index contributed by atoms with van der Waals surface area (Å²) in [7, 11) is 1.88. The predicted molar refractivity (Wildman–Crippen MR) is 137 cm³/mol. The lowest BCUT2D eigenvalue weighted by Crippen LogP contribution is -2.50. The first kappa shape index (κ1) is 24.0. The Labute approximate surface area is 206 Å². The molecule has 0 aliphatic heterocycles. The van der Waals surface area contributed by atoms with E-state index in [1.807, 2.05) is 19.2 Å². The van der Waals surface area contributed by atoms with Crippen molar-refractivity contribution in [2.24, 2.45) is 40.4 Å². The van der Waals surface area contributed by atoms with E-state index in [-0.39, 0.29) is 12.0 Å². The van der Waals surface area contributed by atoms with Gasteiger partial charge in [0.25, 0.3) is 0 Å². The van der Waals surface area contributed by atoms with Crippen molar-refractivity contribution >= 4 is 11.6 Å². The minimum Gasteiger partial charge on any atom is -0.393 e. The second-order valence-corrected chi connectivity index (χ2v) is 12.6. The molecule has 5 rings (SSSR count). The van der Waals surface area contributed by atoms with E-state index in [1.54, 1.807) is 22.9 Å². The maximum Gasteiger partial charge on any atom is 0.226 e. The molecule has 0 radical (unpaired) electrons. The van der Waals surface area contributed by atoms with Gasteiger partial charge >= 0.3 is 0 Å². The Morgan fingerprint density at radius 3 is 2.68 bits per heavy atom. The minimum absolute atomic E-state index is 0.123. The van der Waals surface area contributed by atoms with Crippen molar-refractivity contribution in [1.29, 1.82) is 0 Å². The van der Waals surface area contributed by atoms with Crippen LogP contribution >= 0.6 is 0 Å². The van der Waals surface area contributed by atoms with Crippen LogP contribution < -0.4 is 4.90 Å². The van der Waals surface area contributed by atoms with E-state index in [2.05, 4.69) is 31.8 Å². The molecule has 186 valence electrons. The topological polar surface area (TPSA) is 53.4 Å². The van der Waals surface area contributed by atoms with E-state index in [9.17, 15) is 9.90 Å². The van der Waals surface area contributed by atoms with Crippen molar-refractivity contribution in [3.05, 3.63) is 36.2 Å². The largest absolute Gasteiger partial charge is 0.393 e. The summed E-state index contributed by atoms with van der Waals surface area (Å²) in [4.78, 5) is 18.7. The van der Waals surface area contributed by atoms with Crippen molar-refractivity contribution in [2.45, 2.75) is 91.1 Å². The third-order valence-electron chi connectivity index (χ3n) is 11.1. The lowest BCUT2D eigenvalue weighted by Gasteiger charge is -2.58. The summed E-state index contributed by atoms with van der Waals surface area (Å²) >= 11 is 0. The Kier molecular flexibility index (Phi) is 6.42. The highest BCUT2D eigenvalue weighted by molar-refractivity contribution is 5.92.